The summed E-state index contributed by atoms with van der Waals surface area (Å²) in [5, 5.41) is 6.59. The Morgan fingerprint density at radius 3 is 2.68 bits per heavy atom. The molecule has 1 aromatic rings. The summed E-state index contributed by atoms with van der Waals surface area (Å²) in [6, 6.07) is 3.18. The van der Waals surface area contributed by atoms with Gasteiger partial charge in [-0.1, -0.05) is 20.8 Å². The average Bonchev–Trinajstić information content (AvgIpc) is 2.68. The van der Waals surface area contributed by atoms with Crippen molar-refractivity contribution in [1.29, 1.82) is 0 Å². The van der Waals surface area contributed by atoms with E-state index in [1.807, 2.05) is 6.92 Å². The van der Waals surface area contributed by atoms with Crippen LogP contribution in [0.2, 0.25) is 0 Å². The fourth-order valence-electron chi connectivity index (χ4n) is 3.53. The molecule has 0 bridgehead atoms. The summed E-state index contributed by atoms with van der Waals surface area (Å²) in [5.74, 6) is 0.974. The summed E-state index contributed by atoms with van der Waals surface area (Å²) < 4.78 is 47.7. The van der Waals surface area contributed by atoms with Gasteiger partial charge in [0.2, 0.25) is 5.88 Å². The molecule has 31 heavy (non-hydrogen) atoms. The van der Waals surface area contributed by atoms with E-state index in [1.54, 1.807) is 6.07 Å². The fraction of sp³-hybridized carbons (Fsp3) is 0.714. The van der Waals surface area contributed by atoms with Gasteiger partial charge in [0.1, 0.15) is 0 Å². The van der Waals surface area contributed by atoms with Crippen LogP contribution in [0, 0.1) is 11.3 Å². The average molecular weight is 558 g/mol. The number of halogens is 4. The van der Waals surface area contributed by atoms with Crippen LogP contribution < -0.4 is 15.4 Å². The molecule has 0 spiro atoms. The molecule has 0 aromatic carbocycles. The highest BCUT2D eigenvalue weighted by molar-refractivity contribution is 14.0. The monoisotopic (exact) mass is 558 g/mol. The Morgan fingerprint density at radius 2 is 2.03 bits per heavy atom. The Hall–Kier alpha value is -1.30. The number of rotatable bonds is 7. The molecule has 2 N–H and O–H groups in total. The highest BCUT2D eigenvalue weighted by Crippen LogP contribution is 2.33. The minimum absolute atomic E-state index is 0. The van der Waals surface area contributed by atoms with E-state index in [2.05, 4.69) is 41.4 Å². The van der Waals surface area contributed by atoms with Crippen molar-refractivity contribution < 1.29 is 22.6 Å². The van der Waals surface area contributed by atoms with Crippen molar-refractivity contribution in [3.8, 4) is 5.88 Å². The van der Waals surface area contributed by atoms with Gasteiger partial charge in [0, 0.05) is 37.9 Å². The van der Waals surface area contributed by atoms with Crippen molar-refractivity contribution in [1.82, 2.24) is 15.6 Å². The summed E-state index contributed by atoms with van der Waals surface area (Å²) in [5.41, 5.74) is 0.777. The Bertz CT molecular complexity index is 696. The quantitative estimate of drug-likeness (QED) is 0.293. The van der Waals surface area contributed by atoms with Crippen LogP contribution in [0.1, 0.15) is 46.1 Å². The van der Waals surface area contributed by atoms with E-state index < -0.39 is 12.8 Å². The lowest BCUT2D eigenvalue weighted by molar-refractivity contribution is -0.154. The number of pyridine rings is 1. The second-order valence-corrected chi connectivity index (χ2v) is 8.54. The maximum Gasteiger partial charge on any atom is 0.422 e. The van der Waals surface area contributed by atoms with Crippen LogP contribution in [0.3, 0.4) is 0 Å². The van der Waals surface area contributed by atoms with Crippen LogP contribution >= 0.6 is 24.0 Å². The molecular weight excluding hydrogens is 524 g/mol. The van der Waals surface area contributed by atoms with E-state index in [9.17, 15) is 13.2 Å². The third-order valence-corrected chi connectivity index (χ3v) is 4.78. The fourth-order valence-corrected chi connectivity index (χ4v) is 3.53. The first kappa shape index (κ1) is 27.7. The van der Waals surface area contributed by atoms with Crippen molar-refractivity contribution >= 4 is 29.9 Å². The smallest absolute Gasteiger partial charge is 0.422 e. The molecule has 2 heterocycles. The number of alkyl halides is 3. The first-order valence-electron chi connectivity index (χ1n) is 10.4. The van der Waals surface area contributed by atoms with Gasteiger partial charge < -0.3 is 20.1 Å². The standard InChI is InChI=1S/C21H33F3N4O2.HI/c1-5-25-19(28-13-16-7-6-10-29-18(16)20(2,3)4)27-12-15-8-9-26-17(11-15)30-14-21(22,23)24;/h8-9,11,16,18H,5-7,10,12-14H2,1-4H3,(H2,25,27,28);1H. The number of ether oxygens (including phenoxy) is 2. The van der Waals surface area contributed by atoms with Gasteiger partial charge in [0.05, 0.1) is 12.6 Å². The lowest BCUT2D eigenvalue weighted by Crippen LogP contribution is -2.47. The molecule has 0 saturated carbocycles. The van der Waals surface area contributed by atoms with Gasteiger partial charge in [0.25, 0.3) is 0 Å². The number of nitrogens with one attached hydrogen (secondary N) is 2. The van der Waals surface area contributed by atoms with E-state index in [1.165, 1.54) is 12.3 Å². The summed E-state index contributed by atoms with van der Waals surface area (Å²) in [6.07, 6.45) is -0.658. The van der Waals surface area contributed by atoms with E-state index in [0.717, 1.165) is 26.0 Å². The first-order chi connectivity index (χ1) is 14.1. The van der Waals surface area contributed by atoms with E-state index >= 15 is 0 Å². The van der Waals surface area contributed by atoms with Gasteiger partial charge in [0.15, 0.2) is 12.6 Å². The van der Waals surface area contributed by atoms with Gasteiger partial charge in [-0.3, -0.25) is 0 Å². The Kier molecular flexibility index (Phi) is 11.3. The number of hydrogen-bond donors (Lipinski definition) is 2. The van der Waals surface area contributed by atoms with Crippen LogP contribution in [0.4, 0.5) is 13.2 Å². The molecule has 0 aliphatic carbocycles. The van der Waals surface area contributed by atoms with Crippen LogP contribution in [-0.4, -0.2) is 49.5 Å². The Labute approximate surface area is 199 Å². The topological polar surface area (TPSA) is 67.8 Å². The second-order valence-electron chi connectivity index (χ2n) is 8.54. The molecule has 0 amide bonds. The lowest BCUT2D eigenvalue weighted by Gasteiger charge is -2.40. The molecular formula is C21H34F3IN4O2. The van der Waals surface area contributed by atoms with Gasteiger partial charge in [-0.25, -0.2) is 9.98 Å². The molecule has 10 heteroatoms. The molecule has 1 saturated heterocycles. The predicted molar refractivity (Wildman–Crippen MR) is 126 cm³/mol. The van der Waals surface area contributed by atoms with E-state index in [-0.39, 0.29) is 41.4 Å². The molecule has 1 aliphatic heterocycles. The Balaban J connectivity index is 0.00000480. The van der Waals surface area contributed by atoms with Crippen molar-refractivity contribution in [2.24, 2.45) is 16.3 Å². The second kappa shape index (κ2) is 12.7. The summed E-state index contributed by atoms with van der Waals surface area (Å²) in [7, 11) is 0. The normalized spacial score (nSPS) is 20.0. The summed E-state index contributed by atoms with van der Waals surface area (Å²) in [4.78, 5) is 8.37. The number of guanidine groups is 1. The predicted octanol–water partition coefficient (Wildman–Crippen LogP) is 4.54. The highest BCUT2D eigenvalue weighted by Gasteiger charge is 2.35. The zero-order valence-corrected chi connectivity index (χ0v) is 20.9. The maximum absolute atomic E-state index is 12.3. The zero-order chi connectivity index (χ0) is 22.2. The van der Waals surface area contributed by atoms with Crippen molar-refractivity contribution in [2.75, 3.05) is 26.3 Å². The molecule has 2 unspecified atom stereocenters. The van der Waals surface area contributed by atoms with Gasteiger partial charge in [-0.05, 0) is 36.8 Å². The maximum atomic E-state index is 12.3. The van der Waals surface area contributed by atoms with Crippen molar-refractivity contribution in [2.45, 2.75) is 59.4 Å². The van der Waals surface area contributed by atoms with Gasteiger partial charge >= 0.3 is 6.18 Å². The van der Waals surface area contributed by atoms with Crippen molar-refractivity contribution in [3.05, 3.63) is 23.9 Å². The minimum atomic E-state index is -4.40. The number of aromatic nitrogens is 1. The SMILES string of the molecule is CCNC(=NCc1ccnc(OCC(F)(F)F)c1)NCC1CCCOC1C(C)(C)C.I. The first-order valence-corrected chi connectivity index (χ1v) is 10.4. The molecule has 0 radical (unpaired) electrons. The van der Waals surface area contributed by atoms with Crippen LogP contribution in [0.5, 0.6) is 5.88 Å². The third-order valence-electron chi connectivity index (χ3n) is 4.78. The van der Waals surface area contributed by atoms with Gasteiger partial charge in [-0.15, -0.1) is 24.0 Å². The Morgan fingerprint density at radius 1 is 1.29 bits per heavy atom. The molecule has 1 aliphatic rings. The van der Waals surface area contributed by atoms with E-state index in [4.69, 9.17) is 9.47 Å². The number of hydrogen-bond acceptors (Lipinski definition) is 4. The molecule has 178 valence electrons. The summed E-state index contributed by atoms with van der Waals surface area (Å²) >= 11 is 0. The van der Waals surface area contributed by atoms with Crippen molar-refractivity contribution in [3.63, 3.8) is 0 Å². The molecule has 1 aromatic heterocycles. The molecule has 2 atom stereocenters. The molecule has 6 nitrogen and oxygen atoms in total. The third kappa shape index (κ3) is 10.2. The van der Waals surface area contributed by atoms with Gasteiger partial charge in [-0.2, -0.15) is 13.2 Å². The largest absolute Gasteiger partial charge is 0.468 e. The van der Waals surface area contributed by atoms with Crippen LogP contribution in [0.15, 0.2) is 23.3 Å². The number of nitrogens with zero attached hydrogens (tertiary/aromatic N) is 2. The van der Waals surface area contributed by atoms with Crippen LogP contribution in [-0.2, 0) is 11.3 Å². The highest BCUT2D eigenvalue weighted by atomic mass is 127. The van der Waals surface area contributed by atoms with E-state index in [0.29, 0.717) is 30.5 Å². The van der Waals surface area contributed by atoms with Crippen LogP contribution in [0.25, 0.3) is 0 Å². The number of aliphatic imine (C=N–C) groups is 1. The lowest BCUT2D eigenvalue weighted by atomic mass is 9.78. The summed E-state index contributed by atoms with van der Waals surface area (Å²) in [6.45, 7) is 9.72. The zero-order valence-electron chi connectivity index (χ0n) is 18.6. The molecule has 1 fully saturated rings. The minimum Gasteiger partial charge on any atom is -0.468 e. The molecule has 2 rings (SSSR count).